The van der Waals surface area contributed by atoms with Crippen molar-refractivity contribution < 1.29 is 92.4 Å². The number of hydrogen-bond acceptors (Lipinski definition) is 2. The van der Waals surface area contributed by atoms with Crippen LogP contribution in [0.25, 0.3) is 0 Å². The molecular weight excluding hydrogens is 877 g/mol. The normalized spacial score (nSPS) is 11.3. The lowest BCUT2D eigenvalue weighted by molar-refractivity contribution is -0.689. The minimum atomic E-state index is -7.22. The van der Waals surface area contributed by atoms with Crippen LogP contribution in [0.4, 0.5) is 87.8 Å². The van der Waals surface area contributed by atoms with Gasteiger partial charge in [0.05, 0.1) is 0 Å². The summed E-state index contributed by atoms with van der Waals surface area (Å²) in [5.41, 5.74) is -13.2. The van der Waals surface area contributed by atoms with Gasteiger partial charge in [0.15, 0.2) is 88.7 Å². The van der Waals surface area contributed by atoms with Gasteiger partial charge in [-0.25, -0.2) is 92.4 Å². The summed E-state index contributed by atoms with van der Waals surface area (Å²) in [6, 6.07) is 9.71. The maximum Gasteiger partial charge on any atom is 0.200 e. The van der Waals surface area contributed by atoms with Crippen molar-refractivity contribution in [3.63, 3.8) is 0 Å². The van der Waals surface area contributed by atoms with E-state index in [0.29, 0.717) is 6.54 Å². The lowest BCUT2D eigenvalue weighted by Crippen LogP contribution is -2.81. The Hall–Kier alpha value is -6.59. The van der Waals surface area contributed by atoms with Gasteiger partial charge in [0.1, 0.15) is 70.4 Å². The van der Waals surface area contributed by atoms with Crippen LogP contribution in [0.5, 0.6) is 0 Å². The predicted octanol–water partition coefficient (Wildman–Crippen LogP) is 7.82. The zero-order chi connectivity index (χ0) is 46.3. The molecular formula is C37H14BF20N3. The summed E-state index contributed by atoms with van der Waals surface area (Å²) in [5.74, 6) is -71.2. The number of benzene rings is 4. The molecule has 5 aromatic rings. The van der Waals surface area contributed by atoms with Gasteiger partial charge in [-0.05, 0) is 5.92 Å². The highest BCUT2D eigenvalue weighted by atomic mass is 19.2. The predicted molar refractivity (Wildman–Crippen MR) is 169 cm³/mol. The van der Waals surface area contributed by atoms with E-state index in [-0.39, 0.29) is 11.5 Å². The van der Waals surface area contributed by atoms with Crippen molar-refractivity contribution in [3.05, 3.63) is 158 Å². The molecule has 61 heavy (non-hydrogen) atoms. The number of rotatable bonds is 7. The molecule has 0 atom stereocenters. The molecule has 0 saturated heterocycles. The van der Waals surface area contributed by atoms with Crippen molar-refractivity contribution in [2.45, 2.75) is 20.4 Å². The first kappa shape index (κ1) is 47.1. The third-order valence-electron chi connectivity index (χ3n) is 9.08. The molecule has 0 radical (unpaired) electrons. The van der Waals surface area contributed by atoms with Gasteiger partial charge >= 0.3 is 0 Å². The highest BCUT2D eigenvalue weighted by Gasteiger charge is 2.52. The minimum Gasteiger partial charge on any atom is -0.207 e. The van der Waals surface area contributed by atoms with Crippen LogP contribution in [0.2, 0.25) is 0 Å². The second-order valence-electron chi connectivity index (χ2n) is 12.6. The smallest absolute Gasteiger partial charge is 0.200 e. The van der Waals surface area contributed by atoms with E-state index in [1.54, 1.807) is 0 Å². The third kappa shape index (κ3) is 7.48. The number of hydrogen-bond donors (Lipinski definition) is 0. The Bertz CT molecular complexity index is 2330. The maximum absolute atomic E-state index is 15.4. The van der Waals surface area contributed by atoms with Gasteiger partial charge in [0, 0.05) is 17.7 Å². The summed E-state index contributed by atoms with van der Waals surface area (Å²) in [4.78, 5) is 0. The quantitative estimate of drug-likeness (QED) is 0.0419. The van der Waals surface area contributed by atoms with Crippen molar-refractivity contribution >= 4 is 28.0 Å². The largest absolute Gasteiger partial charge is 0.207 e. The molecule has 0 amide bonds. The second kappa shape index (κ2) is 17.6. The third-order valence-corrected chi connectivity index (χ3v) is 9.08. The molecule has 0 aliphatic heterocycles. The van der Waals surface area contributed by atoms with Crippen molar-refractivity contribution in [2.24, 2.45) is 5.92 Å². The van der Waals surface area contributed by atoms with E-state index in [2.05, 4.69) is 0 Å². The van der Waals surface area contributed by atoms with Crippen LogP contribution in [0.3, 0.4) is 0 Å². The average molecular weight is 891 g/mol. The van der Waals surface area contributed by atoms with Crippen molar-refractivity contribution in [1.82, 2.24) is 0 Å². The summed E-state index contributed by atoms with van der Waals surface area (Å²) in [7, 11) is 0. The first-order valence-electron chi connectivity index (χ1n) is 16.1. The van der Waals surface area contributed by atoms with Gasteiger partial charge in [-0.2, -0.15) is 10.5 Å². The van der Waals surface area contributed by atoms with E-state index < -0.39 is 144 Å². The van der Waals surface area contributed by atoms with Crippen molar-refractivity contribution in [2.75, 3.05) is 0 Å². The first-order valence-corrected chi connectivity index (χ1v) is 16.1. The van der Waals surface area contributed by atoms with Crippen LogP contribution in [-0.4, -0.2) is 6.15 Å². The molecule has 0 aliphatic carbocycles. The van der Waals surface area contributed by atoms with Crippen LogP contribution in [-0.2, 0) is 6.54 Å². The number of nitriles is 2. The van der Waals surface area contributed by atoms with Crippen molar-refractivity contribution in [3.8, 4) is 12.1 Å². The molecule has 0 fully saturated rings. The Morgan fingerprint density at radius 1 is 0.410 bits per heavy atom. The van der Waals surface area contributed by atoms with Gasteiger partial charge in [0.2, 0.25) is 0 Å². The van der Waals surface area contributed by atoms with E-state index in [1.807, 2.05) is 61.1 Å². The number of nitrogens with zero attached hydrogens (tertiary/aromatic N) is 3. The van der Waals surface area contributed by atoms with Crippen LogP contribution in [0.15, 0.2) is 41.7 Å². The van der Waals surface area contributed by atoms with Crippen LogP contribution >= 0.6 is 0 Å². The Kier molecular flexibility index (Phi) is 13.6. The SMILES string of the molecule is CC(C)C(C[n+]1ccccc1)=C(C#N)C#N.Fc1c(F)c(F)c([B-](c2c(F)c(F)c(F)c(F)c2F)(c2c(F)c(F)c(F)c(F)c2F)c2c(F)c(F)c(F)c(F)c2F)c(F)c1F. The fraction of sp³-hybridized carbons (Fsp3) is 0.108. The Labute approximate surface area is 327 Å². The monoisotopic (exact) mass is 891 g/mol. The Balaban J connectivity index is 0.000000430. The summed E-state index contributed by atoms with van der Waals surface area (Å²) in [6.07, 6.45) is -3.37. The second-order valence-corrected chi connectivity index (χ2v) is 12.6. The molecule has 0 N–H and O–H groups in total. The van der Waals surface area contributed by atoms with Gasteiger partial charge in [0.25, 0.3) is 0 Å². The molecule has 1 aromatic heterocycles. The van der Waals surface area contributed by atoms with E-state index in [1.165, 1.54) is 0 Å². The van der Waals surface area contributed by atoms with Gasteiger partial charge in [-0.1, -0.05) is 19.9 Å². The summed E-state index contributed by atoms with van der Waals surface area (Å²) < 4.78 is 296. The van der Waals surface area contributed by atoms with Gasteiger partial charge in [-0.15, -0.1) is 21.9 Å². The van der Waals surface area contributed by atoms with Crippen LogP contribution < -0.4 is 26.4 Å². The van der Waals surface area contributed by atoms with E-state index in [9.17, 15) is 52.7 Å². The van der Waals surface area contributed by atoms with Gasteiger partial charge < -0.3 is 0 Å². The molecule has 0 unspecified atom stereocenters. The summed E-state index contributed by atoms with van der Waals surface area (Å²) >= 11 is 0. The van der Waals surface area contributed by atoms with Crippen LogP contribution in [0, 0.1) is 145 Å². The van der Waals surface area contributed by atoms with E-state index in [4.69, 9.17) is 10.5 Å². The molecule has 0 spiro atoms. The Morgan fingerprint density at radius 2 is 0.623 bits per heavy atom. The molecule has 24 heteroatoms. The standard InChI is InChI=1S/C24BF20.C13H14N3/c26-5-1(6(27)14(35)21(42)13(5)34)25(2-7(28)15(36)22(43)16(37)8(2)29,3-9(30)17(38)23(44)18(39)10(3)31)4-11(32)19(40)24(45)20(41)12(4)33;1-11(2)13(12(8-14)9-15)10-16-6-4-3-5-7-16/h;3-7,11H,10H2,1-2H3/q-1;+1. The molecule has 0 saturated carbocycles. The molecule has 4 aromatic carbocycles. The fourth-order valence-corrected chi connectivity index (χ4v) is 6.33. The first-order chi connectivity index (χ1) is 28.4. The molecule has 3 nitrogen and oxygen atoms in total. The Morgan fingerprint density at radius 3 is 0.820 bits per heavy atom. The lowest BCUT2D eigenvalue weighted by Gasteiger charge is -2.44. The lowest BCUT2D eigenvalue weighted by atomic mass is 9.12. The molecule has 320 valence electrons. The number of aromatic nitrogens is 1. The zero-order valence-electron chi connectivity index (χ0n) is 29.6. The van der Waals surface area contributed by atoms with Gasteiger partial charge in [-0.3, -0.25) is 0 Å². The van der Waals surface area contributed by atoms with E-state index >= 15 is 35.1 Å². The minimum absolute atomic E-state index is 0.196. The average Bonchev–Trinajstić information content (AvgIpc) is 3.24. The summed E-state index contributed by atoms with van der Waals surface area (Å²) in [6.45, 7) is 4.58. The fourth-order valence-electron chi connectivity index (χ4n) is 6.33. The van der Waals surface area contributed by atoms with Crippen molar-refractivity contribution in [1.29, 1.82) is 10.5 Å². The molecule has 0 aliphatic rings. The summed E-state index contributed by atoms with van der Waals surface area (Å²) in [5, 5.41) is 17.8. The van der Waals surface area contributed by atoms with Crippen LogP contribution in [0.1, 0.15) is 13.8 Å². The molecule has 1 heterocycles. The highest BCUT2D eigenvalue weighted by Crippen LogP contribution is 2.30. The topological polar surface area (TPSA) is 51.5 Å². The number of halogens is 20. The molecule has 5 rings (SSSR count). The zero-order valence-corrected chi connectivity index (χ0v) is 29.6. The highest BCUT2D eigenvalue weighted by molar-refractivity contribution is 7.20. The number of allylic oxidation sites excluding steroid dienone is 2. The van der Waals surface area contributed by atoms with E-state index in [0.717, 1.165) is 5.57 Å². The maximum atomic E-state index is 15.4. The number of pyridine rings is 1. The molecule has 0 bridgehead atoms.